The Morgan fingerprint density at radius 1 is 0.792 bits per heavy atom. The molecule has 0 unspecified atom stereocenters. The molecule has 0 aromatic heterocycles. The minimum atomic E-state index is -1.44. The number of aliphatic carboxylic acids is 1. The van der Waals surface area contributed by atoms with Gasteiger partial charge < -0.3 is 30.1 Å². The van der Waals surface area contributed by atoms with Crippen molar-refractivity contribution in [3.8, 4) is 0 Å². The molecule has 1 aromatic rings. The number of likely N-dealkylation sites (N-methyl/N-ethyl adjacent to an activating group) is 2. The summed E-state index contributed by atoms with van der Waals surface area (Å²) in [4.78, 5) is 82.6. The summed E-state index contributed by atoms with van der Waals surface area (Å²) < 4.78 is 11.0. The van der Waals surface area contributed by atoms with E-state index in [0.717, 1.165) is 5.56 Å². The Morgan fingerprint density at radius 2 is 1.30 bits per heavy atom. The Bertz CT molecular complexity index is 1500. The molecule has 13 nitrogen and oxygen atoms in total. The third-order valence-corrected chi connectivity index (χ3v) is 8.55. The number of rotatable bonds is 14. The molecule has 298 valence electrons. The van der Waals surface area contributed by atoms with Gasteiger partial charge in [0.1, 0.15) is 29.3 Å². The van der Waals surface area contributed by atoms with E-state index in [1.807, 2.05) is 78.8 Å². The van der Waals surface area contributed by atoms with Gasteiger partial charge in [-0.05, 0) is 65.4 Å². The zero-order valence-electron chi connectivity index (χ0n) is 34.7. The Hall–Kier alpha value is -4.42. The van der Waals surface area contributed by atoms with E-state index in [-0.39, 0.29) is 11.5 Å². The first-order chi connectivity index (χ1) is 23.9. The molecule has 4 amide bonds. The minimum Gasteiger partial charge on any atom is -0.481 e. The van der Waals surface area contributed by atoms with Crippen LogP contribution in [0.4, 0.5) is 4.79 Å². The topological polar surface area (TPSA) is 172 Å². The Labute approximate surface area is 316 Å². The minimum absolute atomic E-state index is 0.141. The molecule has 0 bridgehead atoms. The standard InChI is InChI=1S/C40H64N4O9/c1-24(2)28(22-25(3)32(47)41-27(23-29(45)46)35(50)52-38(7,8)9)43(15)34(49)30(37(4,5)6)42-33(48)31(44(16)36(51)53-39(10,11)12)40(13,14)26-20-18-17-19-21-26/h17-22,24,27-28,30-31H,23H2,1-16H3,(H,41,47)(H,42,48)(H,45,46)/b25-22+/t27-,28-,30-,31-/m1/s1. The summed E-state index contributed by atoms with van der Waals surface area (Å²) in [5, 5.41) is 14.8. The maximum absolute atomic E-state index is 14.5. The lowest BCUT2D eigenvalue weighted by atomic mass is 9.76. The van der Waals surface area contributed by atoms with Crippen molar-refractivity contribution in [1.29, 1.82) is 0 Å². The molecule has 0 spiro atoms. The van der Waals surface area contributed by atoms with Crippen molar-refractivity contribution >= 4 is 35.8 Å². The van der Waals surface area contributed by atoms with Crippen molar-refractivity contribution in [3.05, 3.63) is 47.5 Å². The molecule has 0 radical (unpaired) electrons. The summed E-state index contributed by atoms with van der Waals surface area (Å²) in [7, 11) is 3.08. The van der Waals surface area contributed by atoms with Crippen LogP contribution in [0.1, 0.15) is 109 Å². The van der Waals surface area contributed by atoms with Gasteiger partial charge in [0.15, 0.2) is 0 Å². The molecular formula is C40H64N4O9. The van der Waals surface area contributed by atoms with Crippen LogP contribution in [0.15, 0.2) is 42.0 Å². The lowest BCUT2D eigenvalue weighted by Crippen LogP contribution is -2.63. The van der Waals surface area contributed by atoms with Crippen molar-refractivity contribution in [2.75, 3.05) is 14.1 Å². The van der Waals surface area contributed by atoms with Crippen LogP contribution in [0, 0.1) is 11.3 Å². The summed E-state index contributed by atoms with van der Waals surface area (Å²) in [6.45, 7) is 24.5. The SMILES string of the molecule is C/C(=C\[C@H](C(C)C)N(C)C(=O)[C@@H](NC(=O)[C@@H](N(C)C(=O)OC(C)(C)C)C(C)(C)c1ccccc1)C(C)(C)C)C(=O)N[C@H](CC(=O)O)C(=O)OC(C)(C)C. The van der Waals surface area contributed by atoms with Gasteiger partial charge in [-0.3, -0.25) is 24.1 Å². The first-order valence-electron chi connectivity index (χ1n) is 17.9. The van der Waals surface area contributed by atoms with Gasteiger partial charge in [-0.2, -0.15) is 0 Å². The largest absolute Gasteiger partial charge is 0.481 e. The quantitative estimate of drug-likeness (QED) is 0.165. The number of carbonyl (C=O) groups excluding carboxylic acids is 5. The van der Waals surface area contributed by atoms with Gasteiger partial charge in [-0.15, -0.1) is 0 Å². The predicted octanol–water partition coefficient (Wildman–Crippen LogP) is 5.46. The molecule has 0 aliphatic carbocycles. The molecule has 1 rings (SSSR count). The summed E-state index contributed by atoms with van der Waals surface area (Å²) in [5.74, 6) is -4.11. The molecule has 0 saturated heterocycles. The van der Waals surface area contributed by atoms with Crippen LogP contribution >= 0.6 is 0 Å². The maximum Gasteiger partial charge on any atom is 0.410 e. The van der Waals surface area contributed by atoms with Gasteiger partial charge >= 0.3 is 18.0 Å². The van der Waals surface area contributed by atoms with Crippen molar-refractivity contribution in [3.63, 3.8) is 0 Å². The van der Waals surface area contributed by atoms with Gasteiger partial charge in [-0.1, -0.05) is 84.9 Å². The molecule has 0 fully saturated rings. The fourth-order valence-corrected chi connectivity index (χ4v) is 5.77. The van der Waals surface area contributed by atoms with E-state index in [1.54, 1.807) is 54.7 Å². The fourth-order valence-electron chi connectivity index (χ4n) is 5.77. The lowest BCUT2D eigenvalue weighted by molar-refractivity contribution is -0.160. The number of amides is 4. The highest BCUT2D eigenvalue weighted by atomic mass is 16.6. The first kappa shape index (κ1) is 46.6. The van der Waals surface area contributed by atoms with Gasteiger partial charge in [0.25, 0.3) is 0 Å². The van der Waals surface area contributed by atoms with Gasteiger partial charge in [0.05, 0.1) is 12.5 Å². The van der Waals surface area contributed by atoms with E-state index in [9.17, 15) is 33.9 Å². The number of benzene rings is 1. The second-order valence-corrected chi connectivity index (χ2v) is 17.6. The van der Waals surface area contributed by atoms with E-state index in [1.165, 1.54) is 23.8 Å². The zero-order chi connectivity index (χ0) is 41.4. The summed E-state index contributed by atoms with van der Waals surface area (Å²) in [6, 6.07) is 5.04. The Balaban J connectivity index is 3.56. The van der Waals surface area contributed by atoms with Crippen molar-refractivity contribution < 1.29 is 43.3 Å². The van der Waals surface area contributed by atoms with Crippen molar-refractivity contribution in [1.82, 2.24) is 20.4 Å². The third kappa shape index (κ3) is 14.2. The monoisotopic (exact) mass is 744 g/mol. The number of carboxylic acid groups (broad SMARTS) is 1. The van der Waals surface area contributed by atoms with Gasteiger partial charge in [0, 0.05) is 25.1 Å². The van der Waals surface area contributed by atoms with E-state index >= 15 is 0 Å². The number of ether oxygens (including phenoxy) is 2. The maximum atomic E-state index is 14.5. The van der Waals surface area contributed by atoms with Crippen molar-refractivity contribution in [2.45, 2.75) is 144 Å². The third-order valence-electron chi connectivity index (χ3n) is 8.55. The number of esters is 1. The van der Waals surface area contributed by atoms with Crippen LogP contribution in [0.5, 0.6) is 0 Å². The molecule has 0 aliphatic rings. The van der Waals surface area contributed by atoms with Gasteiger partial charge in [-0.25, -0.2) is 9.59 Å². The summed E-state index contributed by atoms with van der Waals surface area (Å²) in [5.41, 5.74) is -2.53. The summed E-state index contributed by atoms with van der Waals surface area (Å²) >= 11 is 0. The molecule has 53 heavy (non-hydrogen) atoms. The second-order valence-electron chi connectivity index (χ2n) is 17.6. The number of carbonyl (C=O) groups is 6. The average molecular weight is 745 g/mol. The normalized spacial score (nSPS) is 15.0. The van der Waals surface area contributed by atoms with Gasteiger partial charge in [0.2, 0.25) is 17.7 Å². The molecule has 1 aromatic carbocycles. The Morgan fingerprint density at radius 3 is 1.74 bits per heavy atom. The van der Waals surface area contributed by atoms with E-state index < -0.39 is 88.4 Å². The molecular weight excluding hydrogens is 680 g/mol. The van der Waals surface area contributed by atoms with Crippen LogP contribution in [0.25, 0.3) is 0 Å². The highest BCUT2D eigenvalue weighted by Crippen LogP contribution is 2.32. The predicted molar refractivity (Wildman–Crippen MR) is 204 cm³/mol. The molecule has 13 heteroatoms. The lowest BCUT2D eigenvalue weighted by Gasteiger charge is -2.42. The molecule has 0 aliphatic heterocycles. The fraction of sp³-hybridized carbons (Fsp3) is 0.650. The van der Waals surface area contributed by atoms with E-state index in [2.05, 4.69) is 10.6 Å². The van der Waals surface area contributed by atoms with Crippen LogP contribution in [-0.4, -0.2) is 100 Å². The average Bonchev–Trinajstić information content (AvgIpc) is 2.99. The Kier molecular flexibility index (Phi) is 15.9. The molecule has 4 atom stereocenters. The highest BCUT2D eigenvalue weighted by Gasteiger charge is 2.46. The molecule has 0 saturated carbocycles. The molecule has 0 heterocycles. The van der Waals surface area contributed by atoms with Crippen LogP contribution in [0.3, 0.4) is 0 Å². The summed E-state index contributed by atoms with van der Waals surface area (Å²) in [6.07, 6.45) is 0.190. The number of hydrogen-bond acceptors (Lipinski definition) is 8. The number of nitrogens with one attached hydrogen (secondary N) is 2. The van der Waals surface area contributed by atoms with E-state index in [0.29, 0.717) is 0 Å². The number of hydrogen-bond donors (Lipinski definition) is 3. The first-order valence-corrected chi connectivity index (χ1v) is 17.9. The smallest absolute Gasteiger partial charge is 0.410 e. The van der Waals surface area contributed by atoms with Crippen molar-refractivity contribution in [2.24, 2.45) is 11.3 Å². The van der Waals surface area contributed by atoms with Crippen LogP contribution in [-0.2, 0) is 38.9 Å². The van der Waals surface area contributed by atoms with Crippen LogP contribution < -0.4 is 10.6 Å². The van der Waals surface area contributed by atoms with Crippen LogP contribution in [0.2, 0.25) is 0 Å². The zero-order valence-corrected chi connectivity index (χ0v) is 34.7. The second kappa shape index (κ2) is 18.1. The molecule has 3 N–H and O–H groups in total. The number of carboxylic acids is 1. The van der Waals surface area contributed by atoms with E-state index in [4.69, 9.17) is 9.47 Å². The highest BCUT2D eigenvalue weighted by molar-refractivity contribution is 5.97. The number of nitrogens with zero attached hydrogens (tertiary/aromatic N) is 2.